The van der Waals surface area contributed by atoms with Gasteiger partial charge >= 0.3 is 0 Å². The molecule has 150 valence electrons. The summed E-state index contributed by atoms with van der Waals surface area (Å²) in [6, 6.07) is 25.0. The average molecular weight is 408 g/mol. The largest absolute Gasteiger partial charge is 0.353 e. The van der Waals surface area contributed by atoms with Gasteiger partial charge in [-0.25, -0.2) is 0 Å². The summed E-state index contributed by atoms with van der Waals surface area (Å²) in [6.07, 6.45) is 1.47. The van der Waals surface area contributed by atoms with Gasteiger partial charge in [0.1, 0.15) is 5.69 Å². The average Bonchev–Trinajstić information content (AvgIpc) is 3.16. The molecule has 7 nitrogen and oxygen atoms in total. The number of aromatic amines is 1. The molecule has 31 heavy (non-hydrogen) atoms. The van der Waals surface area contributed by atoms with E-state index in [1.165, 1.54) is 18.3 Å². The Morgan fingerprint density at radius 1 is 0.903 bits per heavy atom. The number of H-pyrrole nitrogens is 1. The molecule has 5 aromatic rings. The molecular formula is C24H16N4O3. The van der Waals surface area contributed by atoms with Crippen LogP contribution < -0.4 is 5.56 Å². The van der Waals surface area contributed by atoms with Crippen LogP contribution in [0.5, 0.6) is 0 Å². The third-order valence-electron chi connectivity index (χ3n) is 5.08. The Hall–Kier alpha value is -4.52. The van der Waals surface area contributed by atoms with Crippen molar-refractivity contribution < 1.29 is 4.92 Å². The molecule has 0 saturated carbocycles. The second-order valence-corrected chi connectivity index (χ2v) is 7.05. The maximum atomic E-state index is 13.4. The number of nitro groups is 1. The van der Waals surface area contributed by atoms with Crippen LogP contribution in [-0.2, 0) is 0 Å². The van der Waals surface area contributed by atoms with E-state index in [9.17, 15) is 14.9 Å². The topological polar surface area (TPSA) is 93.3 Å². The molecule has 1 N–H and O–H groups in total. The maximum Gasteiger partial charge on any atom is 0.281 e. The van der Waals surface area contributed by atoms with E-state index >= 15 is 0 Å². The molecule has 7 heteroatoms. The number of aliphatic imine (C=N–C) groups is 1. The molecule has 0 unspecified atom stereocenters. The van der Waals surface area contributed by atoms with Crippen LogP contribution in [0.2, 0.25) is 0 Å². The quantitative estimate of drug-likeness (QED) is 0.254. The summed E-state index contributed by atoms with van der Waals surface area (Å²) in [4.78, 5) is 31.7. The number of pyridine rings is 1. The number of rotatable bonds is 4. The van der Waals surface area contributed by atoms with E-state index in [4.69, 9.17) is 0 Å². The standard InChI is InChI=1S/C24H16N4O3/c29-24-22(25-15-16-7-6-10-18(13-16)28(30)31)14-21-23(19-11-4-5-12-20(19)26-21)27(24)17-8-2-1-3-9-17/h1-15,26H. The summed E-state index contributed by atoms with van der Waals surface area (Å²) in [5.41, 5.74) is 3.67. The number of para-hydroxylation sites is 2. The van der Waals surface area contributed by atoms with Gasteiger partial charge in [-0.3, -0.25) is 24.5 Å². The van der Waals surface area contributed by atoms with Crippen molar-refractivity contribution in [3.63, 3.8) is 0 Å². The molecule has 2 heterocycles. The van der Waals surface area contributed by atoms with Crippen LogP contribution in [0.4, 0.5) is 11.4 Å². The molecule has 5 rings (SSSR count). The van der Waals surface area contributed by atoms with E-state index in [0.29, 0.717) is 5.56 Å². The Labute approximate surface area is 176 Å². The molecular weight excluding hydrogens is 392 g/mol. The van der Waals surface area contributed by atoms with Crippen molar-refractivity contribution >= 4 is 39.5 Å². The van der Waals surface area contributed by atoms with Crippen molar-refractivity contribution in [2.24, 2.45) is 4.99 Å². The molecule has 0 aliphatic heterocycles. The molecule has 0 aliphatic carbocycles. The predicted octanol–water partition coefficient (Wildman–Crippen LogP) is 5.13. The zero-order valence-electron chi connectivity index (χ0n) is 16.2. The molecule has 0 spiro atoms. The molecule has 0 atom stereocenters. The van der Waals surface area contributed by atoms with Crippen LogP contribution in [0.1, 0.15) is 5.56 Å². The fourth-order valence-corrected chi connectivity index (χ4v) is 3.69. The van der Waals surface area contributed by atoms with Crippen molar-refractivity contribution in [3.8, 4) is 5.69 Å². The third kappa shape index (κ3) is 3.28. The molecule has 0 bridgehead atoms. The van der Waals surface area contributed by atoms with E-state index in [-0.39, 0.29) is 16.9 Å². The Kier molecular flexibility index (Phi) is 4.41. The Bertz CT molecular complexity index is 1530. The van der Waals surface area contributed by atoms with Crippen LogP contribution in [-0.4, -0.2) is 20.7 Å². The number of nitrogens with one attached hydrogen (secondary N) is 1. The minimum absolute atomic E-state index is 0.0308. The molecule has 0 radical (unpaired) electrons. The van der Waals surface area contributed by atoms with Gasteiger partial charge in [-0.1, -0.05) is 48.5 Å². The van der Waals surface area contributed by atoms with Crippen LogP contribution in [0.25, 0.3) is 27.6 Å². The van der Waals surface area contributed by atoms with E-state index in [2.05, 4.69) is 9.98 Å². The first-order valence-electron chi connectivity index (χ1n) is 9.62. The van der Waals surface area contributed by atoms with Crippen molar-refractivity contribution in [1.29, 1.82) is 0 Å². The highest BCUT2D eigenvalue weighted by atomic mass is 16.6. The van der Waals surface area contributed by atoms with Gasteiger partial charge in [-0.2, -0.15) is 0 Å². The van der Waals surface area contributed by atoms with Crippen LogP contribution >= 0.6 is 0 Å². The summed E-state index contributed by atoms with van der Waals surface area (Å²) >= 11 is 0. The molecule has 3 aromatic carbocycles. The Morgan fingerprint density at radius 3 is 2.48 bits per heavy atom. The summed E-state index contributed by atoms with van der Waals surface area (Å²) in [7, 11) is 0. The van der Waals surface area contributed by atoms with Crippen LogP contribution in [0.15, 0.2) is 94.7 Å². The number of benzene rings is 3. The number of hydrogen-bond acceptors (Lipinski definition) is 4. The van der Waals surface area contributed by atoms with Crippen LogP contribution in [0.3, 0.4) is 0 Å². The molecule has 0 aliphatic rings. The minimum atomic E-state index is -0.462. The summed E-state index contributed by atoms with van der Waals surface area (Å²) in [6.45, 7) is 0. The highest BCUT2D eigenvalue weighted by molar-refractivity contribution is 6.06. The number of nitrogens with zero attached hydrogens (tertiary/aromatic N) is 3. The van der Waals surface area contributed by atoms with Gasteiger partial charge in [0, 0.05) is 34.9 Å². The molecule has 2 aromatic heterocycles. The lowest BCUT2D eigenvalue weighted by Crippen LogP contribution is -2.18. The number of nitro benzene ring substituents is 1. The van der Waals surface area contributed by atoms with Gasteiger partial charge in [-0.05, 0) is 29.8 Å². The van der Waals surface area contributed by atoms with Crippen molar-refractivity contribution in [2.75, 3.05) is 0 Å². The molecule has 0 fully saturated rings. The smallest absolute Gasteiger partial charge is 0.281 e. The first-order valence-corrected chi connectivity index (χ1v) is 9.62. The second kappa shape index (κ2) is 7.38. The lowest BCUT2D eigenvalue weighted by Gasteiger charge is -2.09. The predicted molar refractivity (Wildman–Crippen MR) is 122 cm³/mol. The number of fused-ring (bicyclic) bond motifs is 3. The number of aromatic nitrogens is 2. The first kappa shape index (κ1) is 18.5. The highest BCUT2D eigenvalue weighted by Gasteiger charge is 2.15. The zero-order chi connectivity index (χ0) is 21.4. The number of hydrogen-bond donors (Lipinski definition) is 1. The van der Waals surface area contributed by atoms with Gasteiger partial charge in [-0.15, -0.1) is 0 Å². The number of non-ortho nitro benzene ring substituents is 1. The Morgan fingerprint density at radius 2 is 1.68 bits per heavy atom. The van der Waals surface area contributed by atoms with E-state index < -0.39 is 4.92 Å². The monoisotopic (exact) mass is 408 g/mol. The fraction of sp³-hybridized carbons (Fsp3) is 0. The van der Waals surface area contributed by atoms with Crippen molar-refractivity contribution in [3.05, 3.63) is 111 Å². The third-order valence-corrected chi connectivity index (χ3v) is 5.08. The van der Waals surface area contributed by atoms with E-state index in [1.54, 1.807) is 22.8 Å². The van der Waals surface area contributed by atoms with Gasteiger partial charge < -0.3 is 4.98 Å². The van der Waals surface area contributed by atoms with E-state index in [1.807, 2.05) is 54.6 Å². The SMILES string of the molecule is O=c1c(N=Cc2cccc([N+](=O)[O-])c2)cc2[nH]c3ccccc3c2n1-c1ccccc1. The normalized spacial score (nSPS) is 11.5. The lowest BCUT2D eigenvalue weighted by atomic mass is 10.2. The first-order chi connectivity index (χ1) is 15.1. The van der Waals surface area contributed by atoms with Crippen molar-refractivity contribution in [1.82, 2.24) is 9.55 Å². The van der Waals surface area contributed by atoms with Gasteiger partial charge in [0.05, 0.1) is 16.0 Å². The molecule has 0 amide bonds. The zero-order valence-corrected chi connectivity index (χ0v) is 16.2. The highest BCUT2D eigenvalue weighted by Crippen LogP contribution is 2.28. The fourth-order valence-electron chi connectivity index (χ4n) is 3.69. The van der Waals surface area contributed by atoms with Crippen LogP contribution in [0, 0.1) is 10.1 Å². The van der Waals surface area contributed by atoms with Crippen molar-refractivity contribution in [2.45, 2.75) is 0 Å². The Balaban J connectivity index is 1.74. The minimum Gasteiger partial charge on any atom is -0.353 e. The van der Waals surface area contributed by atoms with Gasteiger partial charge in [0.25, 0.3) is 11.2 Å². The summed E-state index contributed by atoms with van der Waals surface area (Å²) < 4.78 is 1.65. The van der Waals surface area contributed by atoms with Gasteiger partial charge in [0.2, 0.25) is 0 Å². The lowest BCUT2D eigenvalue weighted by molar-refractivity contribution is -0.384. The van der Waals surface area contributed by atoms with E-state index in [0.717, 1.165) is 27.6 Å². The maximum absolute atomic E-state index is 13.4. The molecule has 0 saturated heterocycles. The summed E-state index contributed by atoms with van der Waals surface area (Å²) in [5, 5.41) is 12.0. The van der Waals surface area contributed by atoms with Gasteiger partial charge in [0.15, 0.2) is 0 Å². The second-order valence-electron chi connectivity index (χ2n) is 7.05. The summed E-state index contributed by atoms with van der Waals surface area (Å²) in [5.74, 6) is 0.